The van der Waals surface area contributed by atoms with E-state index in [-0.39, 0.29) is 24.8 Å². The number of hydrogen-bond acceptors (Lipinski definition) is 4. The molecule has 96 valence electrons. The molecule has 0 aliphatic carbocycles. The average molecular weight is 246 g/mol. The molecule has 6 nitrogen and oxygen atoms in total. The fourth-order valence-corrected chi connectivity index (χ4v) is 2.05. The Labute approximate surface area is 97.7 Å². The summed E-state index contributed by atoms with van der Waals surface area (Å²) in [5.74, 6) is -0.678. The van der Waals surface area contributed by atoms with E-state index in [1.165, 1.54) is 4.90 Å². The SMILES string of the molecule is CC1CN(C2CC(F)C(CO)O2)C(=O)NC1=O. The number of hydrogen-bond donors (Lipinski definition) is 2. The van der Waals surface area contributed by atoms with Gasteiger partial charge in [-0.2, -0.15) is 0 Å². The van der Waals surface area contributed by atoms with Gasteiger partial charge in [-0.05, 0) is 0 Å². The number of aliphatic hydroxyl groups is 1. The third-order valence-corrected chi connectivity index (χ3v) is 3.10. The first-order valence-corrected chi connectivity index (χ1v) is 5.54. The molecule has 0 saturated carbocycles. The summed E-state index contributed by atoms with van der Waals surface area (Å²) in [7, 11) is 0. The molecular weight excluding hydrogens is 231 g/mol. The van der Waals surface area contributed by atoms with Crippen LogP contribution in [0.25, 0.3) is 0 Å². The van der Waals surface area contributed by atoms with Gasteiger partial charge in [0, 0.05) is 13.0 Å². The second kappa shape index (κ2) is 4.58. The maximum atomic E-state index is 13.4. The molecule has 0 aromatic rings. The molecule has 0 radical (unpaired) electrons. The molecular formula is C10H15FN2O4. The van der Waals surface area contributed by atoms with Crippen LogP contribution in [0.2, 0.25) is 0 Å². The van der Waals surface area contributed by atoms with Crippen molar-refractivity contribution in [3.05, 3.63) is 0 Å². The van der Waals surface area contributed by atoms with E-state index in [9.17, 15) is 14.0 Å². The second-order valence-electron chi connectivity index (χ2n) is 4.41. The van der Waals surface area contributed by atoms with Crippen molar-refractivity contribution in [3.63, 3.8) is 0 Å². The third kappa shape index (κ3) is 2.25. The molecule has 2 rings (SSSR count). The Morgan fingerprint density at radius 2 is 2.29 bits per heavy atom. The van der Waals surface area contributed by atoms with E-state index in [2.05, 4.69) is 5.32 Å². The van der Waals surface area contributed by atoms with Crippen molar-refractivity contribution in [1.82, 2.24) is 10.2 Å². The average Bonchev–Trinajstić information content (AvgIpc) is 2.65. The predicted octanol–water partition coefficient (Wildman–Crippen LogP) is -0.380. The number of nitrogens with zero attached hydrogens (tertiary/aromatic N) is 1. The molecule has 0 aromatic heterocycles. The van der Waals surface area contributed by atoms with Gasteiger partial charge in [0.1, 0.15) is 18.5 Å². The maximum Gasteiger partial charge on any atom is 0.326 e. The molecule has 17 heavy (non-hydrogen) atoms. The molecule has 7 heteroatoms. The molecule has 4 atom stereocenters. The number of urea groups is 1. The molecule has 4 unspecified atom stereocenters. The van der Waals surface area contributed by atoms with Crippen molar-refractivity contribution in [2.45, 2.75) is 31.8 Å². The minimum absolute atomic E-state index is 0.0273. The number of ether oxygens (including phenoxy) is 1. The molecule has 2 N–H and O–H groups in total. The first kappa shape index (κ1) is 12.3. The minimum atomic E-state index is -1.29. The quantitative estimate of drug-likeness (QED) is 0.696. The van der Waals surface area contributed by atoms with Crippen LogP contribution >= 0.6 is 0 Å². The van der Waals surface area contributed by atoms with Crippen molar-refractivity contribution in [2.75, 3.05) is 13.2 Å². The van der Waals surface area contributed by atoms with Gasteiger partial charge < -0.3 is 9.84 Å². The Bertz CT molecular complexity index is 338. The number of carbonyl (C=O) groups is 2. The number of rotatable bonds is 2. The summed E-state index contributed by atoms with van der Waals surface area (Å²) in [5, 5.41) is 11.1. The molecule has 2 heterocycles. The van der Waals surface area contributed by atoms with E-state index >= 15 is 0 Å². The monoisotopic (exact) mass is 246 g/mol. The molecule has 2 fully saturated rings. The lowest BCUT2D eigenvalue weighted by atomic mass is 10.1. The number of halogens is 1. The van der Waals surface area contributed by atoms with Gasteiger partial charge in [-0.25, -0.2) is 9.18 Å². The summed E-state index contributed by atoms with van der Waals surface area (Å²) in [6.07, 6.45) is -2.86. The molecule has 2 aliphatic rings. The van der Waals surface area contributed by atoms with E-state index in [1.807, 2.05) is 0 Å². The summed E-state index contributed by atoms with van der Waals surface area (Å²) in [5.41, 5.74) is 0. The van der Waals surface area contributed by atoms with Gasteiger partial charge in [0.05, 0.1) is 12.5 Å². The zero-order valence-electron chi connectivity index (χ0n) is 9.43. The van der Waals surface area contributed by atoms with E-state index in [1.54, 1.807) is 6.92 Å². The lowest BCUT2D eigenvalue weighted by Gasteiger charge is -2.34. The number of amides is 3. The van der Waals surface area contributed by atoms with E-state index in [0.717, 1.165) is 0 Å². The van der Waals surface area contributed by atoms with Gasteiger partial charge in [0.2, 0.25) is 5.91 Å². The highest BCUT2D eigenvalue weighted by Crippen LogP contribution is 2.27. The number of imide groups is 1. The first-order chi connectivity index (χ1) is 8.02. The number of nitrogens with one attached hydrogen (secondary N) is 1. The molecule has 3 amide bonds. The van der Waals surface area contributed by atoms with Crippen LogP contribution in [0.1, 0.15) is 13.3 Å². The molecule has 0 spiro atoms. The molecule has 0 aromatic carbocycles. The van der Waals surface area contributed by atoms with Crippen molar-refractivity contribution >= 4 is 11.9 Å². The third-order valence-electron chi connectivity index (χ3n) is 3.10. The Balaban J connectivity index is 2.03. The number of aliphatic hydroxyl groups excluding tert-OH is 1. The minimum Gasteiger partial charge on any atom is -0.394 e. The first-order valence-electron chi connectivity index (χ1n) is 5.54. The van der Waals surface area contributed by atoms with Gasteiger partial charge in [-0.15, -0.1) is 0 Å². The largest absolute Gasteiger partial charge is 0.394 e. The maximum absolute atomic E-state index is 13.4. The normalized spacial score (nSPS) is 38.4. The van der Waals surface area contributed by atoms with Crippen LogP contribution in [-0.2, 0) is 9.53 Å². The van der Waals surface area contributed by atoms with Gasteiger partial charge >= 0.3 is 6.03 Å². The highest BCUT2D eigenvalue weighted by molar-refractivity contribution is 5.97. The van der Waals surface area contributed by atoms with Gasteiger partial charge in [0.15, 0.2) is 0 Å². The van der Waals surface area contributed by atoms with Gasteiger partial charge in [-0.3, -0.25) is 15.0 Å². The van der Waals surface area contributed by atoms with Crippen LogP contribution in [0.3, 0.4) is 0 Å². The van der Waals surface area contributed by atoms with E-state index in [4.69, 9.17) is 9.84 Å². The van der Waals surface area contributed by atoms with Crippen LogP contribution in [0.15, 0.2) is 0 Å². The van der Waals surface area contributed by atoms with Crippen LogP contribution < -0.4 is 5.32 Å². The van der Waals surface area contributed by atoms with Crippen LogP contribution in [0.5, 0.6) is 0 Å². The summed E-state index contributed by atoms with van der Waals surface area (Å²) >= 11 is 0. The summed E-state index contributed by atoms with van der Waals surface area (Å²) in [6, 6.07) is -0.566. The second-order valence-corrected chi connectivity index (χ2v) is 4.41. The van der Waals surface area contributed by atoms with E-state index < -0.39 is 31.1 Å². The van der Waals surface area contributed by atoms with Crippen molar-refractivity contribution in [1.29, 1.82) is 0 Å². The Kier molecular flexibility index (Phi) is 3.30. The smallest absolute Gasteiger partial charge is 0.326 e. The highest BCUT2D eigenvalue weighted by Gasteiger charge is 2.42. The summed E-state index contributed by atoms with van der Waals surface area (Å²) < 4.78 is 18.6. The van der Waals surface area contributed by atoms with Crippen molar-refractivity contribution < 1.29 is 23.8 Å². The van der Waals surface area contributed by atoms with E-state index in [0.29, 0.717) is 0 Å². The zero-order valence-corrected chi connectivity index (χ0v) is 9.43. The fourth-order valence-electron chi connectivity index (χ4n) is 2.05. The lowest BCUT2D eigenvalue weighted by Crippen LogP contribution is -2.57. The van der Waals surface area contributed by atoms with Crippen LogP contribution in [-0.4, -0.2) is 53.6 Å². The Morgan fingerprint density at radius 1 is 1.59 bits per heavy atom. The number of carbonyl (C=O) groups excluding carboxylic acids is 2. The molecule has 0 bridgehead atoms. The Hall–Kier alpha value is -1.21. The molecule has 2 saturated heterocycles. The topological polar surface area (TPSA) is 78.9 Å². The number of alkyl halides is 1. The van der Waals surface area contributed by atoms with Crippen LogP contribution in [0, 0.1) is 5.92 Å². The molecule has 2 aliphatic heterocycles. The zero-order chi connectivity index (χ0) is 12.6. The standard InChI is InChI=1S/C10H15FN2O4/c1-5-3-13(10(16)12-9(5)15)8-2-6(11)7(4-14)17-8/h5-8,14H,2-4H2,1H3,(H,12,15,16). The Morgan fingerprint density at radius 3 is 2.88 bits per heavy atom. The van der Waals surface area contributed by atoms with Crippen molar-refractivity contribution in [2.24, 2.45) is 5.92 Å². The van der Waals surface area contributed by atoms with Gasteiger partial charge in [0.25, 0.3) is 0 Å². The summed E-state index contributed by atoms with van der Waals surface area (Å²) in [6.45, 7) is 1.47. The van der Waals surface area contributed by atoms with Gasteiger partial charge in [-0.1, -0.05) is 6.92 Å². The van der Waals surface area contributed by atoms with Crippen molar-refractivity contribution in [3.8, 4) is 0 Å². The predicted molar refractivity (Wildman–Crippen MR) is 54.7 cm³/mol. The highest BCUT2D eigenvalue weighted by atomic mass is 19.1. The van der Waals surface area contributed by atoms with Crippen LogP contribution in [0.4, 0.5) is 9.18 Å². The summed E-state index contributed by atoms with van der Waals surface area (Å²) in [4.78, 5) is 24.1. The lowest BCUT2D eigenvalue weighted by molar-refractivity contribution is -0.128. The fraction of sp³-hybridized carbons (Fsp3) is 0.800.